The van der Waals surface area contributed by atoms with Crippen LogP contribution in [0.3, 0.4) is 0 Å². The van der Waals surface area contributed by atoms with Gasteiger partial charge in [0.15, 0.2) is 0 Å². The van der Waals surface area contributed by atoms with E-state index in [-0.39, 0.29) is 17.4 Å². The molecule has 1 aromatic rings. The lowest BCUT2D eigenvalue weighted by molar-refractivity contribution is 0.00192. The highest BCUT2D eigenvalue weighted by Gasteiger charge is 2.35. The van der Waals surface area contributed by atoms with Crippen molar-refractivity contribution in [3.8, 4) is 0 Å². The van der Waals surface area contributed by atoms with Crippen LogP contribution in [0.5, 0.6) is 0 Å². The van der Waals surface area contributed by atoms with E-state index in [0.717, 1.165) is 31.2 Å². The lowest BCUT2D eigenvalue weighted by Gasteiger charge is -2.38. The van der Waals surface area contributed by atoms with Gasteiger partial charge in [0.1, 0.15) is 0 Å². The Kier molecular flexibility index (Phi) is 5.18. The molecule has 5 heteroatoms. The Balaban J connectivity index is 1.96. The highest BCUT2D eigenvalue weighted by molar-refractivity contribution is 7.12. The zero-order chi connectivity index (χ0) is 14.6. The summed E-state index contributed by atoms with van der Waals surface area (Å²) in [6.45, 7) is 3.03. The number of thiophene rings is 1. The summed E-state index contributed by atoms with van der Waals surface area (Å²) < 4.78 is 5.10. The Bertz CT molecular complexity index is 460. The smallest absolute Gasteiger partial charge is 0.261 e. The first-order valence-electron chi connectivity index (χ1n) is 7.08. The molecule has 2 rings (SSSR count). The van der Waals surface area contributed by atoms with Gasteiger partial charge in [-0.05, 0) is 24.3 Å². The van der Waals surface area contributed by atoms with Gasteiger partial charge in [-0.2, -0.15) is 0 Å². The monoisotopic (exact) mass is 297 g/mol. The minimum absolute atomic E-state index is 0.0638. The third-order valence-electron chi connectivity index (χ3n) is 4.19. The number of hydrogen-bond donors (Lipinski definition) is 2. The molecule has 0 radical (unpaired) electrons. The van der Waals surface area contributed by atoms with Crippen LogP contribution in [0.2, 0.25) is 0 Å². The number of methoxy groups -OCH3 is 1. The summed E-state index contributed by atoms with van der Waals surface area (Å²) >= 11 is 1.43. The lowest BCUT2D eigenvalue weighted by atomic mass is 9.73. The molecular formula is C15H23NO3S. The van der Waals surface area contributed by atoms with Gasteiger partial charge in [-0.25, -0.2) is 0 Å². The number of aliphatic hydroxyl groups is 1. The van der Waals surface area contributed by atoms with Gasteiger partial charge in [0.2, 0.25) is 0 Å². The van der Waals surface area contributed by atoms with E-state index in [1.807, 2.05) is 11.4 Å². The quantitative estimate of drug-likeness (QED) is 0.878. The van der Waals surface area contributed by atoms with Crippen LogP contribution in [-0.4, -0.2) is 30.8 Å². The van der Waals surface area contributed by atoms with Crippen molar-refractivity contribution < 1.29 is 14.6 Å². The summed E-state index contributed by atoms with van der Waals surface area (Å²) in [6.07, 6.45) is 3.67. The van der Waals surface area contributed by atoms with E-state index >= 15 is 0 Å². The second kappa shape index (κ2) is 6.70. The number of ether oxygens (including phenoxy) is 1. The van der Waals surface area contributed by atoms with Crippen molar-refractivity contribution in [2.75, 3.05) is 13.7 Å². The molecule has 0 aromatic carbocycles. The summed E-state index contributed by atoms with van der Waals surface area (Å²) in [5.74, 6) is -0.0638. The second-order valence-electron chi connectivity index (χ2n) is 5.81. The van der Waals surface area contributed by atoms with Crippen molar-refractivity contribution in [1.82, 2.24) is 5.32 Å². The zero-order valence-electron chi connectivity index (χ0n) is 12.1. The van der Waals surface area contributed by atoms with Gasteiger partial charge in [-0.15, -0.1) is 11.3 Å². The van der Waals surface area contributed by atoms with E-state index < -0.39 is 0 Å². The number of carbonyl (C=O) groups is 1. The van der Waals surface area contributed by atoms with Gasteiger partial charge in [-0.1, -0.05) is 19.8 Å². The highest BCUT2D eigenvalue weighted by atomic mass is 32.1. The number of amides is 1. The standard InChI is InChI=1S/C15H23NO3S/c1-15(7-4-3-5-12(15)17)10-16-14(18)13-11(9-19-2)6-8-20-13/h6,8,12,17H,3-5,7,9-10H2,1-2H3,(H,16,18). The van der Waals surface area contributed by atoms with Gasteiger partial charge in [0.25, 0.3) is 5.91 Å². The molecule has 0 bridgehead atoms. The lowest BCUT2D eigenvalue weighted by Crippen LogP contribution is -2.45. The first-order valence-corrected chi connectivity index (χ1v) is 7.96. The Hall–Kier alpha value is -0.910. The van der Waals surface area contributed by atoms with Crippen molar-refractivity contribution in [3.05, 3.63) is 21.9 Å². The van der Waals surface area contributed by atoms with Crippen LogP contribution in [0, 0.1) is 5.41 Å². The Labute approximate surface area is 124 Å². The Morgan fingerprint density at radius 1 is 1.60 bits per heavy atom. The molecule has 0 aliphatic heterocycles. The molecular weight excluding hydrogens is 274 g/mol. The normalized spacial score (nSPS) is 26.4. The van der Waals surface area contributed by atoms with Crippen LogP contribution in [0.15, 0.2) is 11.4 Å². The summed E-state index contributed by atoms with van der Waals surface area (Å²) in [4.78, 5) is 13.0. The molecule has 1 fully saturated rings. The van der Waals surface area contributed by atoms with E-state index in [2.05, 4.69) is 12.2 Å². The van der Waals surface area contributed by atoms with Gasteiger partial charge in [-0.3, -0.25) is 4.79 Å². The first-order chi connectivity index (χ1) is 9.57. The van der Waals surface area contributed by atoms with Crippen molar-refractivity contribution in [1.29, 1.82) is 0 Å². The third-order valence-corrected chi connectivity index (χ3v) is 5.14. The van der Waals surface area contributed by atoms with Crippen LogP contribution < -0.4 is 5.32 Å². The maximum Gasteiger partial charge on any atom is 0.261 e. The fraction of sp³-hybridized carbons (Fsp3) is 0.667. The molecule has 2 N–H and O–H groups in total. The largest absolute Gasteiger partial charge is 0.392 e. The third kappa shape index (κ3) is 3.40. The van der Waals surface area contributed by atoms with Crippen molar-refractivity contribution in [3.63, 3.8) is 0 Å². The molecule has 4 nitrogen and oxygen atoms in total. The van der Waals surface area contributed by atoms with Crippen LogP contribution in [0.4, 0.5) is 0 Å². The van der Waals surface area contributed by atoms with Crippen molar-refractivity contribution >= 4 is 17.2 Å². The predicted octanol–water partition coefficient (Wildman–Crippen LogP) is 2.57. The Morgan fingerprint density at radius 2 is 2.40 bits per heavy atom. The number of rotatable bonds is 5. The Morgan fingerprint density at radius 3 is 3.10 bits per heavy atom. The topological polar surface area (TPSA) is 58.6 Å². The van der Waals surface area contributed by atoms with Crippen LogP contribution in [0.25, 0.3) is 0 Å². The maximum absolute atomic E-state index is 12.3. The summed E-state index contributed by atoms with van der Waals surface area (Å²) in [5, 5.41) is 15.0. The molecule has 20 heavy (non-hydrogen) atoms. The minimum Gasteiger partial charge on any atom is -0.392 e. The number of aliphatic hydroxyl groups excluding tert-OH is 1. The van der Waals surface area contributed by atoms with Gasteiger partial charge >= 0.3 is 0 Å². The van der Waals surface area contributed by atoms with E-state index in [1.165, 1.54) is 11.3 Å². The molecule has 1 aliphatic rings. The van der Waals surface area contributed by atoms with Crippen LogP contribution in [-0.2, 0) is 11.3 Å². The molecule has 1 aromatic heterocycles. The average molecular weight is 297 g/mol. The molecule has 2 atom stereocenters. The van der Waals surface area contributed by atoms with Crippen molar-refractivity contribution in [2.24, 2.45) is 5.41 Å². The zero-order valence-corrected chi connectivity index (χ0v) is 13.0. The summed E-state index contributed by atoms with van der Waals surface area (Å²) in [7, 11) is 1.62. The van der Waals surface area contributed by atoms with Gasteiger partial charge in [0.05, 0.1) is 17.6 Å². The van der Waals surface area contributed by atoms with Gasteiger partial charge < -0.3 is 15.2 Å². The van der Waals surface area contributed by atoms with E-state index in [4.69, 9.17) is 4.74 Å². The summed E-state index contributed by atoms with van der Waals surface area (Å²) in [6, 6.07) is 1.92. The predicted molar refractivity (Wildman–Crippen MR) is 79.9 cm³/mol. The van der Waals surface area contributed by atoms with Crippen LogP contribution >= 0.6 is 11.3 Å². The molecule has 0 spiro atoms. The van der Waals surface area contributed by atoms with Crippen LogP contribution in [0.1, 0.15) is 47.8 Å². The number of nitrogens with one attached hydrogen (secondary N) is 1. The first kappa shape index (κ1) is 15.5. The van der Waals surface area contributed by atoms with E-state index in [0.29, 0.717) is 18.0 Å². The maximum atomic E-state index is 12.3. The molecule has 1 saturated carbocycles. The number of carbonyl (C=O) groups excluding carboxylic acids is 1. The molecule has 2 unspecified atom stereocenters. The van der Waals surface area contributed by atoms with E-state index in [1.54, 1.807) is 7.11 Å². The SMILES string of the molecule is COCc1ccsc1C(=O)NCC1(C)CCCCC1O. The molecule has 1 aliphatic carbocycles. The highest BCUT2D eigenvalue weighted by Crippen LogP contribution is 2.35. The fourth-order valence-corrected chi connectivity index (χ4v) is 3.58. The molecule has 1 heterocycles. The van der Waals surface area contributed by atoms with E-state index in [9.17, 15) is 9.90 Å². The fourth-order valence-electron chi connectivity index (χ4n) is 2.75. The minimum atomic E-state index is -0.321. The van der Waals surface area contributed by atoms with Gasteiger partial charge in [0, 0.05) is 24.6 Å². The molecule has 112 valence electrons. The molecule has 0 saturated heterocycles. The molecule has 1 amide bonds. The average Bonchev–Trinajstić information content (AvgIpc) is 2.89. The second-order valence-corrected chi connectivity index (χ2v) is 6.72. The summed E-state index contributed by atoms with van der Waals surface area (Å²) in [5.41, 5.74) is 0.719. The van der Waals surface area contributed by atoms with Crippen molar-refractivity contribution in [2.45, 2.75) is 45.3 Å². The number of hydrogen-bond acceptors (Lipinski definition) is 4.